The van der Waals surface area contributed by atoms with Gasteiger partial charge in [0.1, 0.15) is 5.92 Å². The standard InChI is InChI=1S/C14H15NO5/c1-8(16)11(14(19)20-2)7-15-12(17)9-5-3-4-6-10(9)13(15)18/h3-6,8,11,16H,7H2,1-2H3/t8-,11+/m1/s1. The number of rotatable bonds is 4. The summed E-state index contributed by atoms with van der Waals surface area (Å²) in [5.41, 5.74) is 0.624. The second-order valence-corrected chi connectivity index (χ2v) is 4.64. The van der Waals surface area contributed by atoms with Crippen molar-refractivity contribution >= 4 is 17.8 Å². The van der Waals surface area contributed by atoms with Crippen molar-refractivity contribution in [2.75, 3.05) is 13.7 Å². The molecule has 0 aliphatic carbocycles. The van der Waals surface area contributed by atoms with Crippen LogP contribution < -0.4 is 0 Å². The van der Waals surface area contributed by atoms with Crippen LogP contribution in [0.1, 0.15) is 27.6 Å². The summed E-state index contributed by atoms with van der Waals surface area (Å²) in [5, 5.41) is 9.61. The van der Waals surface area contributed by atoms with Gasteiger partial charge in [-0.3, -0.25) is 19.3 Å². The zero-order valence-corrected chi connectivity index (χ0v) is 11.2. The molecule has 2 rings (SSSR count). The van der Waals surface area contributed by atoms with Gasteiger partial charge >= 0.3 is 5.97 Å². The third-order valence-electron chi connectivity index (χ3n) is 3.34. The van der Waals surface area contributed by atoms with E-state index in [1.165, 1.54) is 14.0 Å². The molecule has 1 heterocycles. The minimum atomic E-state index is -1.02. The molecule has 20 heavy (non-hydrogen) atoms. The highest BCUT2D eigenvalue weighted by Gasteiger charge is 2.39. The molecule has 0 aromatic heterocycles. The number of aliphatic hydroxyl groups excluding tert-OH is 1. The maximum absolute atomic E-state index is 12.1. The molecule has 0 bridgehead atoms. The number of nitrogens with zero attached hydrogens (tertiary/aromatic N) is 1. The first kappa shape index (κ1) is 14.2. The van der Waals surface area contributed by atoms with Crippen LogP contribution in [0.2, 0.25) is 0 Å². The van der Waals surface area contributed by atoms with Crippen molar-refractivity contribution < 1.29 is 24.2 Å². The van der Waals surface area contributed by atoms with Crippen LogP contribution in [-0.2, 0) is 9.53 Å². The normalized spacial score (nSPS) is 16.9. The Bertz CT molecular complexity index is 531. The third kappa shape index (κ3) is 2.30. The maximum Gasteiger partial charge on any atom is 0.313 e. The van der Waals surface area contributed by atoms with E-state index >= 15 is 0 Å². The molecule has 0 saturated heterocycles. The molecule has 6 heteroatoms. The van der Waals surface area contributed by atoms with Gasteiger partial charge in [0.25, 0.3) is 11.8 Å². The minimum absolute atomic E-state index is 0.198. The summed E-state index contributed by atoms with van der Waals surface area (Å²) < 4.78 is 4.58. The molecule has 0 saturated carbocycles. The fourth-order valence-electron chi connectivity index (χ4n) is 2.18. The van der Waals surface area contributed by atoms with E-state index in [1.54, 1.807) is 24.3 Å². The third-order valence-corrected chi connectivity index (χ3v) is 3.34. The summed E-state index contributed by atoms with van der Waals surface area (Å²) in [5.74, 6) is -2.53. The number of esters is 1. The molecule has 1 aliphatic rings. The van der Waals surface area contributed by atoms with E-state index in [9.17, 15) is 19.5 Å². The highest BCUT2D eigenvalue weighted by molar-refractivity contribution is 6.21. The van der Waals surface area contributed by atoms with Crippen LogP contribution >= 0.6 is 0 Å². The SMILES string of the molecule is COC(=O)[C@@H](CN1C(=O)c2ccccc2C1=O)[C@@H](C)O. The molecule has 0 radical (unpaired) electrons. The van der Waals surface area contributed by atoms with Crippen LogP contribution in [0.3, 0.4) is 0 Å². The molecular formula is C14H15NO5. The summed E-state index contributed by atoms with van der Waals surface area (Å²) in [4.78, 5) is 36.9. The summed E-state index contributed by atoms with van der Waals surface area (Å²) in [7, 11) is 1.19. The van der Waals surface area contributed by atoms with Crippen molar-refractivity contribution in [1.82, 2.24) is 4.90 Å². The molecule has 0 fully saturated rings. The molecule has 1 aromatic carbocycles. The molecule has 1 N–H and O–H groups in total. The fourth-order valence-corrected chi connectivity index (χ4v) is 2.18. The van der Waals surface area contributed by atoms with Crippen LogP contribution in [0, 0.1) is 5.92 Å². The molecule has 2 atom stereocenters. The number of fused-ring (bicyclic) bond motifs is 1. The molecule has 0 unspecified atom stereocenters. The Morgan fingerprint density at radius 2 is 1.75 bits per heavy atom. The van der Waals surface area contributed by atoms with Gasteiger partial charge in [-0.15, -0.1) is 0 Å². The van der Waals surface area contributed by atoms with Gasteiger partial charge in [-0.1, -0.05) is 12.1 Å². The predicted molar refractivity (Wildman–Crippen MR) is 69.0 cm³/mol. The van der Waals surface area contributed by atoms with Crippen LogP contribution in [0.5, 0.6) is 0 Å². The molecule has 0 spiro atoms. The highest BCUT2D eigenvalue weighted by Crippen LogP contribution is 2.24. The second-order valence-electron chi connectivity index (χ2n) is 4.64. The number of methoxy groups -OCH3 is 1. The summed E-state index contributed by atoms with van der Waals surface area (Å²) in [6.07, 6.45) is -1.02. The second kappa shape index (κ2) is 5.42. The molecule has 106 valence electrons. The number of hydrogen-bond acceptors (Lipinski definition) is 5. The van der Waals surface area contributed by atoms with E-state index in [0.717, 1.165) is 4.90 Å². The van der Waals surface area contributed by atoms with E-state index in [-0.39, 0.29) is 6.54 Å². The number of carbonyl (C=O) groups is 3. The van der Waals surface area contributed by atoms with Crippen molar-refractivity contribution in [2.45, 2.75) is 13.0 Å². The van der Waals surface area contributed by atoms with Gasteiger partial charge in [0.15, 0.2) is 0 Å². The first-order chi connectivity index (χ1) is 9.47. The minimum Gasteiger partial charge on any atom is -0.469 e. The Balaban J connectivity index is 2.25. The Hall–Kier alpha value is -2.21. The maximum atomic E-state index is 12.1. The van der Waals surface area contributed by atoms with Gasteiger partial charge in [0.05, 0.1) is 24.3 Å². The molecule has 1 aliphatic heterocycles. The number of imide groups is 1. The van der Waals surface area contributed by atoms with Crippen molar-refractivity contribution in [3.63, 3.8) is 0 Å². The van der Waals surface area contributed by atoms with Crippen molar-refractivity contribution in [2.24, 2.45) is 5.92 Å². The average molecular weight is 277 g/mol. The number of ether oxygens (including phenoxy) is 1. The van der Waals surface area contributed by atoms with E-state index < -0.39 is 29.8 Å². The number of hydrogen-bond donors (Lipinski definition) is 1. The van der Waals surface area contributed by atoms with Crippen molar-refractivity contribution in [3.8, 4) is 0 Å². The topological polar surface area (TPSA) is 83.9 Å². The molecular weight excluding hydrogens is 262 g/mol. The van der Waals surface area contributed by atoms with Gasteiger partial charge in [-0.2, -0.15) is 0 Å². The Morgan fingerprint density at radius 1 is 1.25 bits per heavy atom. The fraction of sp³-hybridized carbons (Fsp3) is 0.357. The monoisotopic (exact) mass is 277 g/mol. The quantitative estimate of drug-likeness (QED) is 0.638. The number of amides is 2. The van der Waals surface area contributed by atoms with Crippen LogP contribution in [0.15, 0.2) is 24.3 Å². The van der Waals surface area contributed by atoms with Gasteiger partial charge in [0, 0.05) is 6.54 Å². The predicted octanol–water partition coefficient (Wildman–Crippen LogP) is 0.453. The van der Waals surface area contributed by atoms with E-state index in [1.807, 2.05) is 0 Å². The first-order valence-corrected chi connectivity index (χ1v) is 6.18. The largest absolute Gasteiger partial charge is 0.469 e. The molecule has 2 amide bonds. The lowest BCUT2D eigenvalue weighted by Crippen LogP contribution is -2.41. The van der Waals surface area contributed by atoms with Gasteiger partial charge in [0.2, 0.25) is 0 Å². The lowest BCUT2D eigenvalue weighted by atomic mass is 10.0. The van der Waals surface area contributed by atoms with Crippen LogP contribution in [0.4, 0.5) is 0 Å². The van der Waals surface area contributed by atoms with Crippen LogP contribution in [-0.4, -0.2) is 47.5 Å². The average Bonchev–Trinajstić information content (AvgIpc) is 2.68. The number of carbonyl (C=O) groups excluding carboxylic acids is 3. The summed E-state index contributed by atoms with van der Waals surface area (Å²) >= 11 is 0. The molecule has 1 aromatic rings. The van der Waals surface area contributed by atoms with Gasteiger partial charge < -0.3 is 9.84 Å². The zero-order valence-electron chi connectivity index (χ0n) is 11.2. The van der Waals surface area contributed by atoms with Gasteiger partial charge in [-0.25, -0.2) is 0 Å². The Morgan fingerprint density at radius 3 is 2.15 bits per heavy atom. The van der Waals surface area contributed by atoms with Gasteiger partial charge in [-0.05, 0) is 19.1 Å². The lowest BCUT2D eigenvalue weighted by molar-refractivity contribution is -0.149. The van der Waals surface area contributed by atoms with E-state index in [0.29, 0.717) is 11.1 Å². The summed E-state index contributed by atoms with van der Waals surface area (Å²) in [6.45, 7) is 1.22. The van der Waals surface area contributed by atoms with Crippen molar-refractivity contribution in [1.29, 1.82) is 0 Å². The van der Waals surface area contributed by atoms with E-state index in [2.05, 4.69) is 4.74 Å². The first-order valence-electron chi connectivity index (χ1n) is 6.18. The lowest BCUT2D eigenvalue weighted by Gasteiger charge is -2.22. The van der Waals surface area contributed by atoms with Crippen molar-refractivity contribution in [3.05, 3.63) is 35.4 Å². The van der Waals surface area contributed by atoms with E-state index in [4.69, 9.17) is 0 Å². The summed E-state index contributed by atoms with van der Waals surface area (Å²) in [6, 6.07) is 6.45. The number of benzene rings is 1. The Kier molecular flexibility index (Phi) is 3.85. The van der Waals surface area contributed by atoms with Crippen LogP contribution in [0.25, 0.3) is 0 Å². The molecule has 6 nitrogen and oxygen atoms in total. The Labute approximate surface area is 115 Å². The smallest absolute Gasteiger partial charge is 0.313 e. The zero-order chi connectivity index (χ0) is 14.9. The number of aliphatic hydroxyl groups is 1. The highest BCUT2D eigenvalue weighted by atomic mass is 16.5.